The number of rotatable bonds is 5. The van der Waals surface area contributed by atoms with Gasteiger partial charge in [0.25, 0.3) is 5.91 Å². The van der Waals surface area contributed by atoms with E-state index in [4.69, 9.17) is 17.0 Å². The van der Waals surface area contributed by atoms with Crippen LogP contribution in [0.3, 0.4) is 0 Å². The van der Waals surface area contributed by atoms with Crippen LogP contribution >= 0.6 is 12.2 Å². The van der Waals surface area contributed by atoms with Crippen LogP contribution in [0.4, 0.5) is 0 Å². The number of benzene rings is 1. The average molecular weight is 280 g/mol. The van der Waals surface area contributed by atoms with Crippen LogP contribution < -0.4 is 10.1 Å². The van der Waals surface area contributed by atoms with E-state index in [1.54, 1.807) is 0 Å². The fourth-order valence-electron chi connectivity index (χ4n) is 1.61. The minimum atomic E-state index is -0.236. The summed E-state index contributed by atoms with van der Waals surface area (Å²) in [6.07, 6.45) is 0. The first-order valence-corrected chi connectivity index (χ1v) is 6.76. The van der Waals surface area contributed by atoms with Crippen molar-refractivity contribution >= 4 is 23.2 Å². The van der Waals surface area contributed by atoms with Gasteiger partial charge < -0.3 is 15.0 Å². The molecule has 0 saturated carbocycles. The van der Waals surface area contributed by atoms with Crippen LogP contribution in [0.1, 0.15) is 19.4 Å². The number of amides is 1. The number of hydrogen-bond acceptors (Lipinski definition) is 3. The van der Waals surface area contributed by atoms with Crippen molar-refractivity contribution in [2.45, 2.75) is 20.8 Å². The van der Waals surface area contributed by atoms with E-state index in [-0.39, 0.29) is 12.5 Å². The maximum Gasteiger partial charge on any atom is 0.264 e. The molecule has 4 nitrogen and oxygen atoms in total. The number of carbonyl (C=O) groups excluding carboxylic acids is 1. The molecular weight excluding hydrogens is 260 g/mol. The second kappa shape index (κ2) is 7.74. The Bertz CT molecular complexity index is 445. The van der Waals surface area contributed by atoms with Gasteiger partial charge in [0.2, 0.25) is 0 Å². The molecule has 0 heterocycles. The molecule has 19 heavy (non-hydrogen) atoms. The molecule has 0 spiro atoms. The summed E-state index contributed by atoms with van der Waals surface area (Å²) in [7, 11) is 0. The van der Waals surface area contributed by atoms with Crippen molar-refractivity contribution < 1.29 is 9.53 Å². The molecule has 1 aromatic rings. The van der Waals surface area contributed by atoms with Gasteiger partial charge in [0, 0.05) is 13.1 Å². The van der Waals surface area contributed by atoms with Crippen LogP contribution in [-0.4, -0.2) is 35.6 Å². The van der Waals surface area contributed by atoms with E-state index in [2.05, 4.69) is 5.32 Å². The zero-order valence-corrected chi connectivity index (χ0v) is 12.4. The minimum absolute atomic E-state index is 0.0355. The molecule has 104 valence electrons. The SMILES string of the molecule is CCN(CC)C(=S)NC(=O)COc1ccccc1C. The van der Waals surface area contributed by atoms with Gasteiger partial charge in [0.15, 0.2) is 11.7 Å². The molecule has 1 amide bonds. The average Bonchev–Trinajstić information content (AvgIpc) is 2.39. The van der Waals surface area contributed by atoms with Crippen LogP contribution in [0.2, 0.25) is 0 Å². The number of aryl methyl sites for hydroxylation is 1. The second-order valence-corrected chi connectivity index (χ2v) is 4.47. The standard InChI is InChI=1S/C14H20N2O2S/c1-4-16(5-2)14(19)15-13(17)10-18-12-9-7-6-8-11(12)3/h6-9H,4-5,10H2,1-3H3,(H,15,17,19). The van der Waals surface area contributed by atoms with Crippen molar-refractivity contribution in [3.8, 4) is 5.75 Å². The monoisotopic (exact) mass is 280 g/mol. The highest BCUT2D eigenvalue weighted by Gasteiger charge is 2.10. The van der Waals surface area contributed by atoms with Gasteiger partial charge in [-0.3, -0.25) is 4.79 Å². The Kier molecular flexibility index (Phi) is 6.29. The lowest BCUT2D eigenvalue weighted by molar-refractivity contribution is -0.121. The van der Waals surface area contributed by atoms with E-state index in [1.165, 1.54) is 0 Å². The van der Waals surface area contributed by atoms with Gasteiger partial charge in [0.05, 0.1) is 0 Å². The highest BCUT2D eigenvalue weighted by atomic mass is 32.1. The highest BCUT2D eigenvalue weighted by molar-refractivity contribution is 7.80. The molecule has 0 saturated heterocycles. The van der Waals surface area contributed by atoms with Crippen molar-refractivity contribution in [1.29, 1.82) is 0 Å². The first kappa shape index (κ1) is 15.4. The number of thiocarbonyl (C=S) groups is 1. The first-order valence-electron chi connectivity index (χ1n) is 6.35. The van der Waals surface area contributed by atoms with Gasteiger partial charge in [-0.05, 0) is 44.6 Å². The fraction of sp³-hybridized carbons (Fsp3) is 0.429. The molecule has 0 aromatic heterocycles. The van der Waals surface area contributed by atoms with Crippen molar-refractivity contribution in [3.05, 3.63) is 29.8 Å². The zero-order chi connectivity index (χ0) is 14.3. The predicted molar refractivity (Wildman–Crippen MR) is 80.3 cm³/mol. The third-order valence-corrected chi connectivity index (χ3v) is 3.11. The van der Waals surface area contributed by atoms with Crippen molar-refractivity contribution in [2.75, 3.05) is 19.7 Å². The Balaban J connectivity index is 2.44. The van der Waals surface area contributed by atoms with E-state index in [0.29, 0.717) is 10.9 Å². The fourth-order valence-corrected chi connectivity index (χ4v) is 1.98. The van der Waals surface area contributed by atoms with E-state index in [9.17, 15) is 4.79 Å². The number of carbonyl (C=O) groups is 1. The number of nitrogens with one attached hydrogen (secondary N) is 1. The summed E-state index contributed by atoms with van der Waals surface area (Å²) in [4.78, 5) is 13.6. The van der Waals surface area contributed by atoms with Crippen molar-refractivity contribution in [1.82, 2.24) is 10.2 Å². The van der Waals surface area contributed by atoms with Crippen LogP contribution in [0.25, 0.3) is 0 Å². The highest BCUT2D eigenvalue weighted by Crippen LogP contribution is 2.15. The molecule has 1 N–H and O–H groups in total. The first-order chi connectivity index (χ1) is 9.08. The topological polar surface area (TPSA) is 41.6 Å². The summed E-state index contributed by atoms with van der Waals surface area (Å²) in [6.45, 7) is 7.43. The van der Waals surface area contributed by atoms with Gasteiger partial charge in [-0.15, -0.1) is 0 Å². The van der Waals surface area contributed by atoms with Gasteiger partial charge in [-0.25, -0.2) is 0 Å². The predicted octanol–water partition coefficient (Wildman–Crippen LogP) is 2.12. The normalized spacial score (nSPS) is 9.84. The molecule has 0 aliphatic carbocycles. The molecule has 0 atom stereocenters. The van der Waals surface area contributed by atoms with E-state index >= 15 is 0 Å². The van der Waals surface area contributed by atoms with Crippen LogP contribution in [0.5, 0.6) is 5.75 Å². The maximum atomic E-state index is 11.7. The summed E-state index contributed by atoms with van der Waals surface area (Å²) >= 11 is 5.15. The van der Waals surface area contributed by atoms with Crippen LogP contribution in [0, 0.1) is 6.92 Å². The van der Waals surface area contributed by atoms with Gasteiger partial charge in [0.1, 0.15) is 5.75 Å². The van der Waals surface area contributed by atoms with Gasteiger partial charge >= 0.3 is 0 Å². The quantitative estimate of drug-likeness (QED) is 0.839. The Labute approximate surface area is 119 Å². The number of hydrogen-bond donors (Lipinski definition) is 1. The molecule has 1 rings (SSSR count). The van der Waals surface area contributed by atoms with Crippen molar-refractivity contribution in [2.24, 2.45) is 0 Å². The van der Waals surface area contributed by atoms with Crippen molar-refractivity contribution in [3.63, 3.8) is 0 Å². The lowest BCUT2D eigenvalue weighted by Gasteiger charge is -2.21. The number of para-hydroxylation sites is 1. The van der Waals surface area contributed by atoms with Crippen LogP contribution in [-0.2, 0) is 4.79 Å². The third-order valence-electron chi connectivity index (χ3n) is 2.75. The van der Waals surface area contributed by atoms with Gasteiger partial charge in [-0.2, -0.15) is 0 Å². The zero-order valence-electron chi connectivity index (χ0n) is 11.6. The number of ether oxygens (including phenoxy) is 1. The minimum Gasteiger partial charge on any atom is -0.483 e. The molecule has 1 aromatic carbocycles. The van der Waals surface area contributed by atoms with E-state index < -0.39 is 0 Å². The Morgan fingerprint density at radius 1 is 1.32 bits per heavy atom. The van der Waals surface area contributed by atoms with Crippen LogP contribution in [0.15, 0.2) is 24.3 Å². The Morgan fingerprint density at radius 3 is 2.53 bits per heavy atom. The smallest absolute Gasteiger partial charge is 0.264 e. The van der Waals surface area contributed by atoms with E-state index in [1.807, 2.05) is 49.9 Å². The molecule has 0 unspecified atom stereocenters. The summed E-state index contributed by atoms with van der Waals surface area (Å²) in [5.74, 6) is 0.478. The molecular formula is C14H20N2O2S. The maximum absolute atomic E-state index is 11.7. The number of nitrogens with zero attached hydrogens (tertiary/aromatic N) is 1. The third kappa shape index (κ3) is 4.87. The lowest BCUT2D eigenvalue weighted by atomic mass is 10.2. The molecule has 0 aliphatic heterocycles. The molecule has 5 heteroatoms. The largest absolute Gasteiger partial charge is 0.483 e. The second-order valence-electron chi connectivity index (χ2n) is 4.08. The summed E-state index contributed by atoms with van der Waals surface area (Å²) in [6, 6.07) is 7.58. The summed E-state index contributed by atoms with van der Waals surface area (Å²) in [5.41, 5.74) is 1.00. The Morgan fingerprint density at radius 2 is 1.95 bits per heavy atom. The molecule has 0 radical (unpaired) electrons. The Hall–Kier alpha value is -1.62. The molecule has 0 fully saturated rings. The van der Waals surface area contributed by atoms with E-state index in [0.717, 1.165) is 18.7 Å². The lowest BCUT2D eigenvalue weighted by Crippen LogP contribution is -2.44. The summed E-state index contributed by atoms with van der Waals surface area (Å²) in [5, 5.41) is 3.11. The molecule has 0 aliphatic rings. The van der Waals surface area contributed by atoms with Gasteiger partial charge in [-0.1, -0.05) is 18.2 Å². The summed E-state index contributed by atoms with van der Waals surface area (Å²) < 4.78 is 5.46. The molecule has 0 bridgehead atoms.